The summed E-state index contributed by atoms with van der Waals surface area (Å²) in [6.45, 7) is 18.8. The third-order valence-corrected chi connectivity index (χ3v) is 6.58. The Labute approximate surface area is 236 Å². The van der Waals surface area contributed by atoms with Crippen molar-refractivity contribution in [3.8, 4) is 5.75 Å². The average Bonchev–Trinajstić information content (AvgIpc) is 2.86. The van der Waals surface area contributed by atoms with E-state index in [2.05, 4.69) is 50.2 Å². The zero-order valence-electron chi connectivity index (χ0n) is 25.4. The molecule has 2 amide bonds. The summed E-state index contributed by atoms with van der Waals surface area (Å²) in [7, 11) is 0. The number of rotatable bonds is 15. The predicted octanol–water partition coefficient (Wildman–Crippen LogP) is 5.99. The highest BCUT2D eigenvalue weighted by molar-refractivity contribution is 5.90. The Morgan fingerprint density at radius 3 is 2.05 bits per heavy atom. The van der Waals surface area contributed by atoms with Crippen LogP contribution < -0.4 is 15.4 Å². The van der Waals surface area contributed by atoms with Gasteiger partial charge in [-0.25, -0.2) is 0 Å². The van der Waals surface area contributed by atoms with E-state index in [1.54, 1.807) is 0 Å². The Hall–Kier alpha value is -2.86. The highest BCUT2D eigenvalue weighted by Gasteiger charge is 2.31. The van der Waals surface area contributed by atoms with Crippen LogP contribution in [0.25, 0.3) is 0 Å². The molecular formula is C33H51N3O3. The van der Waals surface area contributed by atoms with E-state index in [0.717, 1.165) is 42.8 Å². The zero-order valence-corrected chi connectivity index (χ0v) is 25.4. The van der Waals surface area contributed by atoms with Crippen LogP contribution in [0.3, 0.4) is 0 Å². The number of hydrogen-bond acceptors (Lipinski definition) is 4. The van der Waals surface area contributed by atoms with Gasteiger partial charge in [0, 0.05) is 12.0 Å². The third kappa shape index (κ3) is 12.2. The predicted molar refractivity (Wildman–Crippen MR) is 161 cm³/mol. The minimum Gasteiger partial charge on any atom is -0.489 e. The van der Waals surface area contributed by atoms with E-state index in [1.807, 2.05) is 75.4 Å². The molecule has 0 fully saturated rings. The molecule has 0 aliphatic rings. The molecule has 2 rings (SSSR count). The fourth-order valence-corrected chi connectivity index (χ4v) is 4.46. The molecule has 0 saturated carbocycles. The van der Waals surface area contributed by atoms with Crippen LogP contribution in [0.4, 0.5) is 0 Å². The minimum atomic E-state index is -0.675. The van der Waals surface area contributed by atoms with Gasteiger partial charge in [-0.15, -0.1) is 0 Å². The van der Waals surface area contributed by atoms with Crippen LogP contribution in [0.5, 0.6) is 5.75 Å². The van der Waals surface area contributed by atoms with Crippen molar-refractivity contribution in [1.82, 2.24) is 15.5 Å². The Kier molecular flexibility index (Phi) is 13.0. The first-order chi connectivity index (χ1) is 18.4. The van der Waals surface area contributed by atoms with E-state index in [4.69, 9.17) is 4.74 Å². The lowest BCUT2D eigenvalue weighted by atomic mass is 9.98. The van der Waals surface area contributed by atoms with Crippen molar-refractivity contribution >= 4 is 11.8 Å². The molecule has 6 heteroatoms. The average molecular weight is 538 g/mol. The fraction of sp³-hybridized carbons (Fsp3) is 0.576. The standard InChI is InChI=1S/C33H51N3O3/c1-9-36(20-19-24(2)3)30(21-25(4)5)32(38)34-29(31(37)35-33(6,7)8)22-26-15-17-28(18-16-26)39-23-27-13-11-10-12-14-27/h10-18,24-25,29-30H,9,19-23H2,1-8H3,(H,34,38)(H,35,37)/t29-,30-/m0/s1. The lowest BCUT2D eigenvalue weighted by Gasteiger charge is -2.33. The number of amides is 2. The lowest BCUT2D eigenvalue weighted by Crippen LogP contribution is -2.57. The Bertz CT molecular complexity index is 997. The number of ether oxygens (including phenoxy) is 1. The van der Waals surface area contributed by atoms with Crippen molar-refractivity contribution < 1.29 is 14.3 Å². The zero-order chi connectivity index (χ0) is 29.0. The molecule has 0 saturated heterocycles. The summed E-state index contributed by atoms with van der Waals surface area (Å²) in [4.78, 5) is 29.3. The molecule has 2 N–H and O–H groups in total. The molecule has 2 aromatic rings. The van der Waals surface area contributed by atoms with E-state index < -0.39 is 11.6 Å². The van der Waals surface area contributed by atoms with Gasteiger partial charge in [0.05, 0.1) is 6.04 Å². The third-order valence-electron chi connectivity index (χ3n) is 6.58. The molecule has 6 nitrogen and oxygen atoms in total. The highest BCUT2D eigenvalue weighted by atomic mass is 16.5. The van der Waals surface area contributed by atoms with E-state index in [0.29, 0.717) is 24.9 Å². The minimum absolute atomic E-state index is 0.0776. The van der Waals surface area contributed by atoms with E-state index in [1.165, 1.54) is 0 Å². The van der Waals surface area contributed by atoms with Crippen LogP contribution in [0.15, 0.2) is 54.6 Å². The van der Waals surface area contributed by atoms with Crippen molar-refractivity contribution in [2.45, 2.75) is 98.9 Å². The van der Waals surface area contributed by atoms with Crippen molar-refractivity contribution in [2.24, 2.45) is 11.8 Å². The second kappa shape index (κ2) is 15.7. The molecule has 0 radical (unpaired) electrons. The van der Waals surface area contributed by atoms with Gasteiger partial charge in [-0.3, -0.25) is 14.5 Å². The molecule has 39 heavy (non-hydrogen) atoms. The molecule has 0 spiro atoms. The van der Waals surface area contributed by atoms with Gasteiger partial charge in [0.2, 0.25) is 11.8 Å². The van der Waals surface area contributed by atoms with Gasteiger partial charge in [-0.05, 0) is 81.8 Å². The van der Waals surface area contributed by atoms with Gasteiger partial charge < -0.3 is 15.4 Å². The van der Waals surface area contributed by atoms with Crippen LogP contribution in [-0.2, 0) is 22.6 Å². The summed E-state index contributed by atoms with van der Waals surface area (Å²) in [5.41, 5.74) is 1.66. The topological polar surface area (TPSA) is 70.7 Å². The summed E-state index contributed by atoms with van der Waals surface area (Å²) in [5.74, 6) is 1.44. The monoisotopic (exact) mass is 537 g/mol. The van der Waals surface area contributed by atoms with Crippen LogP contribution in [0.2, 0.25) is 0 Å². The van der Waals surface area contributed by atoms with Crippen LogP contribution in [0, 0.1) is 11.8 Å². The summed E-state index contributed by atoms with van der Waals surface area (Å²) in [6, 6.07) is 16.9. The van der Waals surface area contributed by atoms with Crippen molar-refractivity contribution in [1.29, 1.82) is 0 Å². The molecule has 0 aliphatic carbocycles. The maximum absolute atomic E-state index is 13.7. The van der Waals surface area contributed by atoms with Crippen molar-refractivity contribution in [3.63, 3.8) is 0 Å². The van der Waals surface area contributed by atoms with E-state index in [-0.39, 0.29) is 17.9 Å². The summed E-state index contributed by atoms with van der Waals surface area (Å²) in [5, 5.41) is 6.20. The van der Waals surface area contributed by atoms with Crippen LogP contribution in [-0.4, -0.2) is 47.4 Å². The number of benzene rings is 2. The molecule has 0 unspecified atom stereocenters. The first-order valence-electron chi connectivity index (χ1n) is 14.5. The molecular weight excluding hydrogens is 486 g/mol. The molecule has 2 aromatic carbocycles. The van der Waals surface area contributed by atoms with Gasteiger partial charge in [-0.2, -0.15) is 0 Å². The Morgan fingerprint density at radius 1 is 0.872 bits per heavy atom. The second-order valence-electron chi connectivity index (χ2n) is 12.4. The van der Waals surface area contributed by atoms with E-state index >= 15 is 0 Å². The fourth-order valence-electron chi connectivity index (χ4n) is 4.46. The number of likely N-dealkylation sites (N-methyl/N-ethyl adjacent to an activating group) is 1. The first kappa shape index (κ1) is 32.4. The van der Waals surface area contributed by atoms with Crippen molar-refractivity contribution in [3.05, 3.63) is 65.7 Å². The number of carbonyl (C=O) groups excluding carboxylic acids is 2. The second-order valence-corrected chi connectivity index (χ2v) is 12.4. The normalized spacial score (nSPS) is 13.4. The van der Waals surface area contributed by atoms with Gasteiger partial charge in [0.1, 0.15) is 18.4 Å². The molecule has 0 aliphatic heterocycles. The SMILES string of the molecule is CCN(CCC(C)C)[C@@H](CC(C)C)C(=O)N[C@@H](Cc1ccc(OCc2ccccc2)cc1)C(=O)NC(C)(C)C. The first-order valence-corrected chi connectivity index (χ1v) is 14.5. The molecule has 0 aromatic heterocycles. The largest absolute Gasteiger partial charge is 0.489 e. The van der Waals surface area contributed by atoms with Gasteiger partial charge in [0.25, 0.3) is 0 Å². The van der Waals surface area contributed by atoms with Gasteiger partial charge >= 0.3 is 0 Å². The van der Waals surface area contributed by atoms with Crippen LogP contribution >= 0.6 is 0 Å². The number of carbonyl (C=O) groups is 2. The molecule has 0 heterocycles. The van der Waals surface area contributed by atoms with Gasteiger partial charge in [-0.1, -0.05) is 77.1 Å². The molecule has 216 valence electrons. The van der Waals surface area contributed by atoms with Crippen molar-refractivity contribution in [2.75, 3.05) is 13.1 Å². The maximum Gasteiger partial charge on any atom is 0.243 e. The number of hydrogen-bond donors (Lipinski definition) is 2. The highest BCUT2D eigenvalue weighted by Crippen LogP contribution is 2.18. The smallest absolute Gasteiger partial charge is 0.243 e. The number of nitrogens with zero attached hydrogens (tertiary/aromatic N) is 1. The summed E-state index contributed by atoms with van der Waals surface area (Å²) < 4.78 is 5.92. The maximum atomic E-state index is 13.7. The Morgan fingerprint density at radius 2 is 1.51 bits per heavy atom. The quantitative estimate of drug-likeness (QED) is 0.293. The Balaban J connectivity index is 2.18. The lowest BCUT2D eigenvalue weighted by molar-refractivity contribution is -0.133. The summed E-state index contributed by atoms with van der Waals surface area (Å²) in [6.07, 6.45) is 2.18. The number of nitrogens with one attached hydrogen (secondary N) is 2. The molecule has 2 atom stereocenters. The summed E-state index contributed by atoms with van der Waals surface area (Å²) >= 11 is 0. The van der Waals surface area contributed by atoms with Gasteiger partial charge in [0.15, 0.2) is 0 Å². The molecule has 0 bridgehead atoms. The van der Waals surface area contributed by atoms with E-state index in [9.17, 15) is 9.59 Å². The van der Waals surface area contributed by atoms with Crippen LogP contribution in [0.1, 0.15) is 79.4 Å².